The number of aromatic nitrogens is 3. The molecule has 0 spiro atoms. The molecule has 0 aliphatic rings. The number of hydrogen-bond donors (Lipinski definition) is 1. The normalized spacial score (nSPS) is 13.2. The first-order valence-corrected chi connectivity index (χ1v) is 7.91. The molecule has 0 saturated heterocycles. The molecule has 4 nitrogen and oxygen atoms in total. The average molecular weight is 359 g/mol. The smallest absolute Gasteiger partial charge is 0.383 e. The highest BCUT2D eigenvalue weighted by atomic mass is 19.4. The summed E-state index contributed by atoms with van der Waals surface area (Å²) in [5.41, 5.74) is -0.0408. The second-order valence-electron chi connectivity index (χ2n) is 5.68. The van der Waals surface area contributed by atoms with Crippen LogP contribution in [-0.4, -0.2) is 20.1 Å². The van der Waals surface area contributed by atoms with E-state index in [0.29, 0.717) is 0 Å². The standard InChI is InChI=1S/C19H16F3N3O/c20-19(21,22)18-17(16(26)12-11-14-7-3-1-4-8-14)25(24-23-18)13-15-9-5-2-6-10-15/h1-12,16,26H,13H2/b12-11-. The van der Waals surface area contributed by atoms with Crippen molar-refractivity contribution in [2.75, 3.05) is 0 Å². The van der Waals surface area contributed by atoms with E-state index in [1.807, 2.05) is 12.1 Å². The quantitative estimate of drug-likeness (QED) is 0.746. The zero-order valence-corrected chi connectivity index (χ0v) is 13.6. The van der Waals surface area contributed by atoms with Gasteiger partial charge in [0.25, 0.3) is 0 Å². The number of rotatable bonds is 5. The Kier molecular flexibility index (Phi) is 5.18. The van der Waals surface area contributed by atoms with Crippen molar-refractivity contribution in [3.8, 4) is 0 Å². The van der Waals surface area contributed by atoms with E-state index in [-0.39, 0.29) is 12.2 Å². The fourth-order valence-corrected chi connectivity index (χ4v) is 2.55. The summed E-state index contributed by atoms with van der Waals surface area (Å²) in [6.45, 7) is 0.0789. The number of aliphatic hydroxyl groups excluding tert-OH is 1. The molecule has 0 radical (unpaired) electrons. The summed E-state index contributed by atoms with van der Waals surface area (Å²) in [5, 5.41) is 17.2. The summed E-state index contributed by atoms with van der Waals surface area (Å²) in [5.74, 6) is 0. The van der Waals surface area contributed by atoms with Crippen molar-refractivity contribution in [3.63, 3.8) is 0 Å². The Bertz CT molecular complexity index is 874. The lowest BCUT2D eigenvalue weighted by Crippen LogP contribution is -2.15. The van der Waals surface area contributed by atoms with Crippen LogP contribution in [0, 0.1) is 0 Å². The topological polar surface area (TPSA) is 50.9 Å². The van der Waals surface area contributed by atoms with Gasteiger partial charge in [-0.3, -0.25) is 0 Å². The van der Waals surface area contributed by atoms with E-state index in [1.54, 1.807) is 54.6 Å². The molecule has 0 saturated carbocycles. The predicted octanol–water partition coefficient (Wildman–Crippen LogP) is 4.09. The summed E-state index contributed by atoms with van der Waals surface area (Å²) < 4.78 is 40.9. The zero-order valence-electron chi connectivity index (χ0n) is 13.6. The van der Waals surface area contributed by atoms with E-state index in [2.05, 4.69) is 10.3 Å². The van der Waals surface area contributed by atoms with Gasteiger partial charge in [-0.1, -0.05) is 72.0 Å². The van der Waals surface area contributed by atoms with Crippen molar-refractivity contribution in [1.82, 2.24) is 15.0 Å². The highest BCUT2D eigenvalue weighted by Gasteiger charge is 2.40. The van der Waals surface area contributed by atoms with Gasteiger partial charge in [-0.15, -0.1) is 5.10 Å². The molecule has 0 aliphatic heterocycles. The van der Waals surface area contributed by atoms with E-state index < -0.39 is 18.0 Å². The first-order chi connectivity index (χ1) is 12.4. The van der Waals surface area contributed by atoms with Crippen molar-refractivity contribution in [3.05, 3.63) is 89.3 Å². The maximum absolute atomic E-state index is 13.3. The Morgan fingerprint density at radius 2 is 1.62 bits per heavy atom. The maximum atomic E-state index is 13.3. The summed E-state index contributed by atoms with van der Waals surface area (Å²) in [7, 11) is 0. The Morgan fingerprint density at radius 3 is 2.23 bits per heavy atom. The summed E-state index contributed by atoms with van der Waals surface area (Å²) in [6.07, 6.45) is -3.34. The Balaban J connectivity index is 1.94. The van der Waals surface area contributed by atoms with E-state index in [4.69, 9.17) is 0 Å². The first-order valence-electron chi connectivity index (χ1n) is 7.91. The van der Waals surface area contributed by atoms with Crippen LogP contribution in [0.15, 0.2) is 66.7 Å². The molecule has 3 aromatic rings. The molecule has 134 valence electrons. The van der Waals surface area contributed by atoms with Crippen LogP contribution in [0.3, 0.4) is 0 Å². The second-order valence-corrected chi connectivity index (χ2v) is 5.68. The minimum absolute atomic E-state index is 0.0789. The minimum atomic E-state index is -4.70. The van der Waals surface area contributed by atoms with Gasteiger partial charge in [0.2, 0.25) is 0 Å². The molecule has 0 fully saturated rings. The monoisotopic (exact) mass is 359 g/mol. The van der Waals surface area contributed by atoms with Gasteiger partial charge in [0.05, 0.1) is 6.54 Å². The molecule has 7 heteroatoms. The molecular weight excluding hydrogens is 343 g/mol. The van der Waals surface area contributed by atoms with Crippen LogP contribution < -0.4 is 0 Å². The average Bonchev–Trinajstić information content (AvgIpc) is 3.05. The highest BCUT2D eigenvalue weighted by molar-refractivity contribution is 5.50. The maximum Gasteiger partial charge on any atom is 0.437 e. The molecule has 1 aromatic heterocycles. The number of nitrogens with zero attached hydrogens (tertiary/aromatic N) is 3. The molecule has 3 rings (SSSR count). The van der Waals surface area contributed by atoms with Gasteiger partial charge in [-0.05, 0) is 17.2 Å². The van der Waals surface area contributed by atoms with Crippen molar-refractivity contribution in [2.24, 2.45) is 0 Å². The van der Waals surface area contributed by atoms with Crippen LogP contribution >= 0.6 is 0 Å². The summed E-state index contributed by atoms with van der Waals surface area (Å²) in [4.78, 5) is 0. The minimum Gasteiger partial charge on any atom is -0.383 e. The van der Waals surface area contributed by atoms with Crippen LogP contribution in [0.4, 0.5) is 13.2 Å². The van der Waals surface area contributed by atoms with E-state index in [1.165, 1.54) is 6.08 Å². The van der Waals surface area contributed by atoms with Gasteiger partial charge >= 0.3 is 6.18 Å². The summed E-state index contributed by atoms with van der Waals surface area (Å²) >= 11 is 0. The van der Waals surface area contributed by atoms with Crippen LogP contribution in [-0.2, 0) is 12.7 Å². The van der Waals surface area contributed by atoms with E-state index in [0.717, 1.165) is 15.8 Å². The lowest BCUT2D eigenvalue weighted by atomic mass is 10.1. The van der Waals surface area contributed by atoms with Gasteiger partial charge in [0.1, 0.15) is 11.8 Å². The fourth-order valence-electron chi connectivity index (χ4n) is 2.55. The van der Waals surface area contributed by atoms with Crippen LogP contribution in [0.1, 0.15) is 28.6 Å². The number of halogens is 3. The molecule has 2 aromatic carbocycles. The van der Waals surface area contributed by atoms with Crippen molar-refractivity contribution in [1.29, 1.82) is 0 Å². The van der Waals surface area contributed by atoms with Gasteiger partial charge in [-0.2, -0.15) is 13.2 Å². The SMILES string of the molecule is OC(/C=C\c1ccccc1)c1c(C(F)(F)F)nnn1Cc1ccccc1. The van der Waals surface area contributed by atoms with E-state index >= 15 is 0 Å². The van der Waals surface area contributed by atoms with Gasteiger partial charge in [0, 0.05) is 0 Å². The fraction of sp³-hybridized carbons (Fsp3) is 0.158. The zero-order chi connectivity index (χ0) is 18.6. The molecule has 1 heterocycles. The third-order valence-corrected chi connectivity index (χ3v) is 3.77. The molecule has 26 heavy (non-hydrogen) atoms. The number of hydrogen-bond acceptors (Lipinski definition) is 3. The van der Waals surface area contributed by atoms with Gasteiger partial charge in [-0.25, -0.2) is 4.68 Å². The van der Waals surface area contributed by atoms with Gasteiger partial charge in [0.15, 0.2) is 5.69 Å². The van der Waals surface area contributed by atoms with Crippen molar-refractivity contribution >= 4 is 6.08 Å². The highest BCUT2D eigenvalue weighted by Crippen LogP contribution is 2.33. The number of alkyl halides is 3. The molecule has 1 atom stereocenters. The van der Waals surface area contributed by atoms with Gasteiger partial charge < -0.3 is 5.11 Å². The summed E-state index contributed by atoms with van der Waals surface area (Å²) in [6, 6.07) is 17.9. The third kappa shape index (κ3) is 4.18. The predicted molar refractivity (Wildman–Crippen MR) is 91.0 cm³/mol. The Morgan fingerprint density at radius 1 is 1.00 bits per heavy atom. The van der Waals surface area contributed by atoms with Crippen molar-refractivity contribution in [2.45, 2.75) is 18.8 Å². The molecule has 1 unspecified atom stereocenters. The third-order valence-electron chi connectivity index (χ3n) is 3.77. The largest absolute Gasteiger partial charge is 0.437 e. The molecule has 0 bridgehead atoms. The van der Waals surface area contributed by atoms with Crippen LogP contribution in [0.2, 0.25) is 0 Å². The van der Waals surface area contributed by atoms with Crippen LogP contribution in [0.5, 0.6) is 0 Å². The lowest BCUT2D eigenvalue weighted by molar-refractivity contribution is -0.142. The molecule has 0 aliphatic carbocycles. The molecular formula is C19H16F3N3O. The lowest BCUT2D eigenvalue weighted by Gasteiger charge is -2.13. The number of benzene rings is 2. The Hall–Kier alpha value is -2.93. The molecule has 0 amide bonds. The van der Waals surface area contributed by atoms with E-state index in [9.17, 15) is 18.3 Å². The first kappa shape index (κ1) is 17.9. The second kappa shape index (κ2) is 7.53. The Labute approximate surface area is 148 Å². The number of aliphatic hydroxyl groups is 1. The van der Waals surface area contributed by atoms with Crippen LogP contribution in [0.25, 0.3) is 6.08 Å². The molecule has 1 N–H and O–H groups in total. The van der Waals surface area contributed by atoms with Crippen molar-refractivity contribution < 1.29 is 18.3 Å².